The van der Waals surface area contributed by atoms with Crippen LogP contribution in [0.4, 0.5) is 0 Å². The standard InChI is InChI=1S/C14H24ClN5O/c1-10(2)18-13(21)7-17-14(16-3)20(5)9-12-6-11(15)8-19(12)4/h6,8,10H,7,9H2,1-5H3,(H,16,17)(H,18,21). The molecule has 0 aromatic carbocycles. The van der Waals surface area contributed by atoms with Gasteiger partial charge in [-0.3, -0.25) is 9.79 Å². The summed E-state index contributed by atoms with van der Waals surface area (Å²) in [5.74, 6) is 0.604. The van der Waals surface area contributed by atoms with E-state index in [-0.39, 0.29) is 18.5 Å². The van der Waals surface area contributed by atoms with E-state index in [0.29, 0.717) is 17.5 Å². The number of halogens is 1. The van der Waals surface area contributed by atoms with Crippen LogP contribution in [0.15, 0.2) is 17.3 Å². The third kappa shape index (κ3) is 5.67. The Kier molecular flexibility index (Phi) is 6.55. The van der Waals surface area contributed by atoms with E-state index < -0.39 is 0 Å². The maximum Gasteiger partial charge on any atom is 0.239 e. The summed E-state index contributed by atoms with van der Waals surface area (Å²) in [4.78, 5) is 17.8. The van der Waals surface area contributed by atoms with Crippen LogP contribution in [0.3, 0.4) is 0 Å². The normalized spacial score (nSPS) is 11.7. The summed E-state index contributed by atoms with van der Waals surface area (Å²) in [6, 6.07) is 2.04. The molecule has 0 aliphatic carbocycles. The molecule has 1 aromatic heterocycles. The third-order valence-electron chi connectivity index (χ3n) is 2.90. The van der Waals surface area contributed by atoms with E-state index in [4.69, 9.17) is 11.6 Å². The molecule has 1 aromatic rings. The molecule has 0 fully saturated rings. The number of hydrogen-bond donors (Lipinski definition) is 2. The average Bonchev–Trinajstić information content (AvgIpc) is 2.67. The van der Waals surface area contributed by atoms with Crippen LogP contribution < -0.4 is 10.6 Å². The lowest BCUT2D eigenvalue weighted by molar-refractivity contribution is -0.120. The van der Waals surface area contributed by atoms with Crippen LogP contribution in [0.25, 0.3) is 0 Å². The van der Waals surface area contributed by atoms with E-state index in [1.165, 1.54) is 0 Å². The summed E-state index contributed by atoms with van der Waals surface area (Å²) in [5.41, 5.74) is 1.07. The molecule has 0 saturated heterocycles. The molecule has 7 heteroatoms. The van der Waals surface area contributed by atoms with Crippen molar-refractivity contribution in [1.29, 1.82) is 0 Å². The predicted molar refractivity (Wildman–Crippen MR) is 86.5 cm³/mol. The van der Waals surface area contributed by atoms with Gasteiger partial charge in [0.05, 0.1) is 18.1 Å². The van der Waals surface area contributed by atoms with E-state index >= 15 is 0 Å². The van der Waals surface area contributed by atoms with Crippen molar-refractivity contribution in [2.24, 2.45) is 12.0 Å². The summed E-state index contributed by atoms with van der Waals surface area (Å²) < 4.78 is 1.97. The zero-order chi connectivity index (χ0) is 16.0. The average molecular weight is 314 g/mol. The second-order valence-corrected chi connectivity index (χ2v) is 5.68. The van der Waals surface area contributed by atoms with Gasteiger partial charge in [-0.25, -0.2) is 0 Å². The molecule has 1 heterocycles. The number of aromatic nitrogens is 1. The number of aryl methyl sites for hydroxylation is 1. The predicted octanol–water partition coefficient (Wildman–Crippen LogP) is 1.21. The van der Waals surface area contributed by atoms with Crippen molar-refractivity contribution in [3.8, 4) is 0 Å². The van der Waals surface area contributed by atoms with Gasteiger partial charge in [-0.15, -0.1) is 0 Å². The first-order chi connectivity index (χ1) is 9.83. The molecule has 0 aliphatic rings. The summed E-state index contributed by atoms with van der Waals surface area (Å²) in [6.07, 6.45) is 1.86. The first kappa shape index (κ1) is 17.4. The van der Waals surface area contributed by atoms with Crippen LogP contribution >= 0.6 is 11.6 Å². The molecule has 118 valence electrons. The van der Waals surface area contributed by atoms with Crippen molar-refractivity contribution in [3.05, 3.63) is 23.0 Å². The number of carbonyl (C=O) groups is 1. The minimum atomic E-state index is -0.0542. The van der Waals surface area contributed by atoms with Crippen molar-refractivity contribution >= 4 is 23.5 Å². The number of rotatable bonds is 5. The highest BCUT2D eigenvalue weighted by Gasteiger charge is 2.11. The Hall–Kier alpha value is -1.69. The fraction of sp³-hybridized carbons (Fsp3) is 0.571. The molecule has 1 amide bonds. The Balaban J connectivity index is 2.56. The number of guanidine groups is 1. The van der Waals surface area contributed by atoms with E-state index in [1.54, 1.807) is 7.05 Å². The highest BCUT2D eigenvalue weighted by Crippen LogP contribution is 2.14. The molecule has 0 unspecified atom stereocenters. The van der Waals surface area contributed by atoms with Crippen LogP contribution in [0, 0.1) is 0 Å². The van der Waals surface area contributed by atoms with Crippen LogP contribution in [0.2, 0.25) is 5.02 Å². The molecule has 0 atom stereocenters. The molecule has 1 rings (SSSR count). The third-order valence-corrected chi connectivity index (χ3v) is 3.11. The Bertz CT molecular complexity index is 509. The Morgan fingerprint density at radius 2 is 2.19 bits per heavy atom. The van der Waals surface area contributed by atoms with Gasteiger partial charge in [0, 0.05) is 39.1 Å². The fourth-order valence-corrected chi connectivity index (χ4v) is 2.23. The van der Waals surface area contributed by atoms with Crippen molar-refractivity contribution in [2.75, 3.05) is 20.6 Å². The zero-order valence-corrected chi connectivity index (χ0v) is 14.0. The van der Waals surface area contributed by atoms with Gasteiger partial charge in [-0.05, 0) is 19.9 Å². The molecule has 0 aliphatic heterocycles. The fourth-order valence-electron chi connectivity index (χ4n) is 1.96. The highest BCUT2D eigenvalue weighted by atomic mass is 35.5. The largest absolute Gasteiger partial charge is 0.352 e. The highest BCUT2D eigenvalue weighted by molar-refractivity contribution is 6.30. The van der Waals surface area contributed by atoms with Gasteiger partial charge in [0.15, 0.2) is 5.96 Å². The lowest BCUT2D eigenvalue weighted by Gasteiger charge is -2.22. The lowest BCUT2D eigenvalue weighted by Crippen LogP contribution is -2.45. The van der Waals surface area contributed by atoms with Crippen LogP contribution in [-0.2, 0) is 18.4 Å². The molecule has 21 heavy (non-hydrogen) atoms. The molecule has 0 spiro atoms. The Morgan fingerprint density at radius 3 is 2.67 bits per heavy atom. The minimum Gasteiger partial charge on any atom is -0.352 e. The molecule has 6 nitrogen and oxygen atoms in total. The number of amides is 1. The Labute approximate surface area is 131 Å². The molecule has 0 radical (unpaired) electrons. The summed E-state index contributed by atoms with van der Waals surface area (Å²) in [7, 11) is 5.55. The van der Waals surface area contributed by atoms with Gasteiger partial charge in [0.1, 0.15) is 0 Å². The monoisotopic (exact) mass is 313 g/mol. The van der Waals surface area contributed by atoms with Gasteiger partial charge < -0.3 is 20.1 Å². The SMILES string of the molecule is CN=C(NCC(=O)NC(C)C)N(C)Cc1cc(Cl)cn1C. The number of hydrogen-bond acceptors (Lipinski definition) is 2. The second kappa shape index (κ2) is 7.93. The van der Waals surface area contributed by atoms with Crippen molar-refractivity contribution in [1.82, 2.24) is 20.1 Å². The number of carbonyl (C=O) groups excluding carboxylic acids is 1. The van der Waals surface area contributed by atoms with Crippen molar-refractivity contribution in [2.45, 2.75) is 26.4 Å². The minimum absolute atomic E-state index is 0.0542. The quantitative estimate of drug-likeness (QED) is 0.634. The molecular weight excluding hydrogens is 290 g/mol. The first-order valence-corrected chi connectivity index (χ1v) is 7.23. The number of nitrogens with zero attached hydrogens (tertiary/aromatic N) is 3. The second-order valence-electron chi connectivity index (χ2n) is 5.24. The van der Waals surface area contributed by atoms with Gasteiger partial charge in [0.25, 0.3) is 0 Å². The topological polar surface area (TPSA) is 61.7 Å². The van der Waals surface area contributed by atoms with E-state index in [9.17, 15) is 4.79 Å². The maximum absolute atomic E-state index is 11.6. The summed E-state index contributed by atoms with van der Waals surface area (Å²) in [5, 5.41) is 6.58. The summed E-state index contributed by atoms with van der Waals surface area (Å²) >= 11 is 5.98. The van der Waals surface area contributed by atoms with Gasteiger partial charge in [-0.2, -0.15) is 0 Å². The van der Waals surface area contributed by atoms with E-state index in [0.717, 1.165) is 5.69 Å². The van der Waals surface area contributed by atoms with Crippen molar-refractivity contribution < 1.29 is 4.79 Å². The first-order valence-electron chi connectivity index (χ1n) is 6.85. The van der Waals surface area contributed by atoms with Gasteiger partial charge in [0.2, 0.25) is 5.91 Å². The molecular formula is C14H24ClN5O. The van der Waals surface area contributed by atoms with Crippen LogP contribution in [-0.4, -0.2) is 48.0 Å². The van der Waals surface area contributed by atoms with E-state index in [2.05, 4.69) is 15.6 Å². The van der Waals surface area contributed by atoms with Gasteiger partial charge >= 0.3 is 0 Å². The number of nitrogens with one attached hydrogen (secondary N) is 2. The van der Waals surface area contributed by atoms with Crippen LogP contribution in [0.5, 0.6) is 0 Å². The van der Waals surface area contributed by atoms with Crippen LogP contribution in [0.1, 0.15) is 19.5 Å². The lowest BCUT2D eigenvalue weighted by atomic mass is 10.4. The van der Waals surface area contributed by atoms with Gasteiger partial charge in [-0.1, -0.05) is 11.6 Å². The van der Waals surface area contributed by atoms with E-state index in [1.807, 2.05) is 49.7 Å². The maximum atomic E-state index is 11.6. The smallest absolute Gasteiger partial charge is 0.239 e. The molecule has 2 N–H and O–H groups in total. The summed E-state index contributed by atoms with van der Waals surface area (Å²) in [6.45, 7) is 4.70. The number of aliphatic imine (C=N–C) groups is 1. The molecule has 0 bridgehead atoms. The zero-order valence-electron chi connectivity index (χ0n) is 13.3. The Morgan fingerprint density at radius 1 is 1.52 bits per heavy atom. The molecule has 0 saturated carbocycles. The van der Waals surface area contributed by atoms with Crippen molar-refractivity contribution in [3.63, 3.8) is 0 Å².